The number of nitrogens with zero attached hydrogens (tertiary/aromatic N) is 2. The number of hydrogen-bond donors (Lipinski definition) is 1. The van der Waals surface area contributed by atoms with Crippen molar-refractivity contribution >= 4 is 5.69 Å². The molecule has 0 saturated carbocycles. The monoisotopic (exact) mass is 135 g/mol. The van der Waals surface area contributed by atoms with Gasteiger partial charge in [0.1, 0.15) is 5.69 Å². The largest absolute Gasteiger partial charge is 0.399 e. The van der Waals surface area contributed by atoms with Gasteiger partial charge in [0.25, 0.3) is 0 Å². The molecule has 0 bridgehead atoms. The number of nitrogens with two attached hydrogens (primary N) is 1. The van der Waals surface area contributed by atoms with E-state index in [0.717, 1.165) is 5.69 Å². The van der Waals surface area contributed by atoms with Gasteiger partial charge in [-0.25, -0.2) is 4.98 Å². The van der Waals surface area contributed by atoms with Crippen molar-refractivity contribution in [2.45, 2.75) is 0 Å². The van der Waals surface area contributed by atoms with E-state index in [4.69, 9.17) is 5.73 Å². The fourth-order valence-corrected chi connectivity index (χ4v) is 0.843. The summed E-state index contributed by atoms with van der Waals surface area (Å²) in [6.07, 6.45) is 1.28. The second-order valence-corrected chi connectivity index (χ2v) is 1.99. The van der Waals surface area contributed by atoms with Gasteiger partial charge >= 0.3 is 0 Å². The first kappa shape index (κ1) is 5.22. The molecule has 50 valence electrons. The van der Waals surface area contributed by atoms with Crippen LogP contribution < -0.4 is 5.73 Å². The molecule has 0 fully saturated rings. The average Bonchev–Trinajstić information content (AvgIpc) is 2.27. The van der Waals surface area contributed by atoms with Gasteiger partial charge in [-0.2, -0.15) is 0 Å². The maximum atomic E-state index is 5.47. The van der Waals surface area contributed by atoms with Crippen LogP contribution in [0.5, 0.6) is 0 Å². The minimum atomic E-state index is 0.663. The number of rotatable bonds is 0. The van der Waals surface area contributed by atoms with E-state index >= 15 is 0 Å². The van der Waals surface area contributed by atoms with Gasteiger partial charge in [-0.1, -0.05) is 5.16 Å². The first-order valence-corrected chi connectivity index (χ1v) is 2.82. The van der Waals surface area contributed by atoms with E-state index in [2.05, 4.69) is 14.7 Å². The Kier molecular flexibility index (Phi) is 0.887. The second-order valence-electron chi connectivity index (χ2n) is 1.99. The molecule has 0 unspecified atom stereocenters. The third kappa shape index (κ3) is 0.621. The minimum Gasteiger partial charge on any atom is -0.399 e. The smallest absolute Gasteiger partial charge is 0.212 e. The molecule has 0 aromatic carbocycles. The zero-order valence-electron chi connectivity index (χ0n) is 5.11. The second kappa shape index (κ2) is 1.70. The van der Waals surface area contributed by atoms with E-state index in [1.165, 1.54) is 6.39 Å². The Morgan fingerprint density at radius 1 is 1.30 bits per heavy atom. The summed E-state index contributed by atoms with van der Waals surface area (Å²) in [4.78, 5) is 3.89. The van der Waals surface area contributed by atoms with Crippen LogP contribution in [-0.4, -0.2) is 10.1 Å². The summed E-state index contributed by atoms with van der Waals surface area (Å²) < 4.78 is 4.59. The topological polar surface area (TPSA) is 64.9 Å². The average molecular weight is 135 g/mol. The van der Waals surface area contributed by atoms with Crippen molar-refractivity contribution in [1.82, 2.24) is 10.1 Å². The van der Waals surface area contributed by atoms with E-state index in [1.807, 2.05) is 0 Å². The highest BCUT2D eigenvalue weighted by atomic mass is 16.5. The Morgan fingerprint density at radius 3 is 2.90 bits per heavy atom. The summed E-state index contributed by atoms with van der Waals surface area (Å²) in [5.41, 5.74) is 7.59. The fraction of sp³-hybridized carbons (Fsp3) is 0. The molecule has 0 atom stereocenters. The maximum Gasteiger partial charge on any atom is 0.212 e. The lowest BCUT2D eigenvalue weighted by molar-refractivity contribution is 0.387. The van der Waals surface area contributed by atoms with Crippen molar-refractivity contribution in [3.63, 3.8) is 0 Å². The number of aromatic nitrogens is 2. The van der Waals surface area contributed by atoms with Crippen molar-refractivity contribution in [2.24, 2.45) is 0 Å². The molecule has 2 N–H and O–H groups in total. The molecule has 0 aromatic heterocycles. The van der Waals surface area contributed by atoms with Crippen LogP contribution in [0.4, 0.5) is 5.69 Å². The van der Waals surface area contributed by atoms with Gasteiger partial charge in [-0.3, -0.25) is 0 Å². The first-order chi connectivity index (χ1) is 4.86. The zero-order valence-corrected chi connectivity index (χ0v) is 5.11. The number of hydrogen-bond acceptors (Lipinski definition) is 4. The summed E-state index contributed by atoms with van der Waals surface area (Å²) in [7, 11) is 0. The SMILES string of the molecule is Nc1cc2nconc-2c1. The molecular formula is C6H5N3O. The van der Waals surface area contributed by atoms with Gasteiger partial charge < -0.3 is 10.3 Å². The summed E-state index contributed by atoms with van der Waals surface area (Å²) in [6, 6.07) is 3.46. The molecule has 4 nitrogen and oxygen atoms in total. The predicted octanol–water partition coefficient (Wildman–Crippen LogP) is 0.757. The van der Waals surface area contributed by atoms with Gasteiger partial charge in [-0.15, -0.1) is 0 Å². The standard InChI is InChI=1S/C6H5N3O/c7-4-1-5-6(2-4)9-10-3-8-5/h1-3H,7H2. The van der Waals surface area contributed by atoms with E-state index in [1.54, 1.807) is 12.1 Å². The van der Waals surface area contributed by atoms with Crippen LogP contribution in [0.2, 0.25) is 0 Å². The molecule has 1 heterocycles. The molecule has 0 amide bonds. The van der Waals surface area contributed by atoms with E-state index < -0.39 is 0 Å². The fourth-order valence-electron chi connectivity index (χ4n) is 0.843. The van der Waals surface area contributed by atoms with Gasteiger partial charge in [0.15, 0.2) is 0 Å². The van der Waals surface area contributed by atoms with Crippen molar-refractivity contribution < 1.29 is 4.52 Å². The van der Waals surface area contributed by atoms with Crippen molar-refractivity contribution in [2.75, 3.05) is 5.73 Å². The first-order valence-electron chi connectivity index (χ1n) is 2.82. The maximum absolute atomic E-state index is 5.47. The highest BCUT2D eigenvalue weighted by molar-refractivity contribution is 5.66. The lowest BCUT2D eigenvalue weighted by Gasteiger charge is -1.88. The Bertz CT molecular complexity index is 287. The van der Waals surface area contributed by atoms with Crippen LogP contribution in [-0.2, 0) is 0 Å². The zero-order chi connectivity index (χ0) is 6.97. The van der Waals surface area contributed by atoms with Crippen LogP contribution >= 0.6 is 0 Å². The molecule has 2 rings (SSSR count). The van der Waals surface area contributed by atoms with E-state index in [0.29, 0.717) is 11.4 Å². The summed E-state index contributed by atoms with van der Waals surface area (Å²) in [6.45, 7) is 0. The summed E-state index contributed by atoms with van der Waals surface area (Å²) in [5, 5.41) is 3.68. The van der Waals surface area contributed by atoms with Crippen LogP contribution in [0, 0.1) is 0 Å². The minimum absolute atomic E-state index is 0.663. The summed E-state index contributed by atoms with van der Waals surface area (Å²) >= 11 is 0. The van der Waals surface area contributed by atoms with Crippen LogP contribution in [0.15, 0.2) is 23.0 Å². The third-order valence-corrected chi connectivity index (χ3v) is 1.26. The van der Waals surface area contributed by atoms with Crippen LogP contribution in [0.1, 0.15) is 0 Å². The number of anilines is 1. The van der Waals surface area contributed by atoms with Gasteiger partial charge in [0, 0.05) is 5.69 Å². The Balaban J connectivity index is 2.76. The highest BCUT2D eigenvalue weighted by Crippen LogP contribution is 2.21. The molecule has 2 aliphatic rings. The normalized spacial score (nSPS) is 10.4. The molecular weight excluding hydrogens is 130 g/mol. The molecule has 1 aliphatic heterocycles. The van der Waals surface area contributed by atoms with Gasteiger partial charge in [0.2, 0.25) is 6.39 Å². The number of fused-ring (bicyclic) bond motifs is 1. The molecule has 0 spiro atoms. The predicted molar refractivity (Wildman–Crippen MR) is 35.3 cm³/mol. The molecule has 0 saturated heterocycles. The van der Waals surface area contributed by atoms with Crippen molar-refractivity contribution in [1.29, 1.82) is 0 Å². The summed E-state index contributed by atoms with van der Waals surface area (Å²) in [5.74, 6) is 0. The Labute approximate surface area is 57.0 Å². The van der Waals surface area contributed by atoms with Crippen LogP contribution in [0.25, 0.3) is 11.4 Å². The third-order valence-electron chi connectivity index (χ3n) is 1.26. The molecule has 0 aromatic rings. The number of nitrogen functional groups attached to an aromatic ring is 1. The Hall–Kier alpha value is -1.58. The van der Waals surface area contributed by atoms with Crippen LogP contribution in [0.3, 0.4) is 0 Å². The Morgan fingerprint density at radius 2 is 2.10 bits per heavy atom. The molecule has 1 aliphatic carbocycles. The highest BCUT2D eigenvalue weighted by Gasteiger charge is 2.06. The van der Waals surface area contributed by atoms with Gasteiger partial charge in [0.05, 0.1) is 5.69 Å². The molecule has 0 radical (unpaired) electrons. The van der Waals surface area contributed by atoms with Crippen molar-refractivity contribution in [3.8, 4) is 11.4 Å². The van der Waals surface area contributed by atoms with E-state index in [-0.39, 0.29) is 0 Å². The van der Waals surface area contributed by atoms with Crippen molar-refractivity contribution in [3.05, 3.63) is 18.5 Å². The van der Waals surface area contributed by atoms with Gasteiger partial charge in [-0.05, 0) is 12.1 Å². The molecule has 4 heteroatoms. The van der Waals surface area contributed by atoms with E-state index in [9.17, 15) is 0 Å². The lowest BCUT2D eigenvalue weighted by Crippen LogP contribution is -1.81. The quantitative estimate of drug-likeness (QED) is 0.579. The molecule has 10 heavy (non-hydrogen) atoms. The lowest BCUT2D eigenvalue weighted by atomic mass is 10.4.